The summed E-state index contributed by atoms with van der Waals surface area (Å²) in [6, 6.07) is 6.55. The van der Waals surface area contributed by atoms with E-state index < -0.39 is 0 Å². The first-order chi connectivity index (χ1) is 9.67. The third-order valence-corrected chi connectivity index (χ3v) is 4.33. The monoisotopic (exact) mass is 274 g/mol. The van der Waals surface area contributed by atoms with E-state index in [0.29, 0.717) is 12.5 Å². The molecular formula is C16H22N2O2. The highest BCUT2D eigenvalue weighted by atomic mass is 16.5. The largest absolute Gasteiger partial charge is 0.373 e. The van der Waals surface area contributed by atoms with Crippen LogP contribution in [0, 0.1) is 0 Å². The van der Waals surface area contributed by atoms with Crippen LogP contribution in [-0.4, -0.2) is 25.2 Å². The highest BCUT2D eigenvalue weighted by Gasteiger charge is 2.30. The Kier molecular flexibility index (Phi) is 3.76. The Morgan fingerprint density at radius 2 is 2.20 bits per heavy atom. The quantitative estimate of drug-likeness (QED) is 0.890. The summed E-state index contributed by atoms with van der Waals surface area (Å²) in [6.45, 7) is 2.13. The lowest BCUT2D eigenvalue weighted by atomic mass is 9.94. The molecule has 0 aliphatic carbocycles. The number of benzene rings is 1. The van der Waals surface area contributed by atoms with Crippen molar-refractivity contribution < 1.29 is 9.53 Å². The van der Waals surface area contributed by atoms with Crippen molar-refractivity contribution in [2.75, 3.05) is 12.4 Å². The number of hydrogen-bond acceptors (Lipinski definition) is 3. The Labute approximate surface area is 119 Å². The van der Waals surface area contributed by atoms with Crippen LogP contribution in [0.5, 0.6) is 0 Å². The van der Waals surface area contributed by atoms with E-state index in [0.717, 1.165) is 24.9 Å². The molecule has 0 spiro atoms. The second-order valence-corrected chi connectivity index (χ2v) is 5.79. The molecule has 2 heterocycles. The van der Waals surface area contributed by atoms with Gasteiger partial charge in [-0.2, -0.15) is 0 Å². The van der Waals surface area contributed by atoms with Crippen LogP contribution in [-0.2, 0) is 16.0 Å². The van der Waals surface area contributed by atoms with Crippen LogP contribution in [0.1, 0.15) is 43.4 Å². The van der Waals surface area contributed by atoms with Crippen molar-refractivity contribution in [3.05, 3.63) is 29.3 Å². The summed E-state index contributed by atoms with van der Waals surface area (Å²) < 4.78 is 6.00. The molecule has 0 radical (unpaired) electrons. The first-order valence-electron chi connectivity index (χ1n) is 7.43. The molecule has 2 aliphatic rings. The van der Waals surface area contributed by atoms with Gasteiger partial charge in [0.05, 0.1) is 18.2 Å². The molecule has 4 heteroatoms. The number of rotatable bonds is 3. The minimum Gasteiger partial charge on any atom is -0.373 e. The van der Waals surface area contributed by atoms with E-state index in [1.165, 1.54) is 11.1 Å². The SMILES string of the molecule is CNC(c1ccc2c(c1)CCC(=O)N2)C1CCC(C)O1. The average Bonchev–Trinajstić information content (AvgIpc) is 2.86. The van der Waals surface area contributed by atoms with Gasteiger partial charge in [-0.1, -0.05) is 12.1 Å². The summed E-state index contributed by atoms with van der Waals surface area (Å²) in [4.78, 5) is 11.4. The Balaban J connectivity index is 1.83. The molecule has 0 aromatic heterocycles. The molecule has 4 nitrogen and oxygen atoms in total. The standard InChI is InChI=1S/C16H22N2O2/c1-10-3-7-14(20-10)16(17-2)12-4-6-13-11(9-12)5-8-15(19)18-13/h4,6,9-10,14,16-17H,3,5,7-8H2,1-2H3,(H,18,19). The number of carbonyl (C=O) groups excluding carboxylic acids is 1. The van der Waals surface area contributed by atoms with Gasteiger partial charge in [-0.05, 0) is 50.4 Å². The van der Waals surface area contributed by atoms with Crippen LogP contribution < -0.4 is 10.6 Å². The molecule has 1 saturated heterocycles. The molecule has 1 aromatic rings. The second-order valence-electron chi connectivity index (χ2n) is 5.79. The smallest absolute Gasteiger partial charge is 0.224 e. The van der Waals surface area contributed by atoms with E-state index >= 15 is 0 Å². The normalized spacial score (nSPS) is 27.0. The molecule has 1 amide bonds. The molecule has 0 bridgehead atoms. The molecule has 2 N–H and O–H groups in total. The molecule has 1 fully saturated rings. The van der Waals surface area contributed by atoms with Gasteiger partial charge in [-0.25, -0.2) is 0 Å². The number of ether oxygens (including phenoxy) is 1. The lowest BCUT2D eigenvalue weighted by Crippen LogP contribution is -2.30. The van der Waals surface area contributed by atoms with Gasteiger partial charge >= 0.3 is 0 Å². The lowest BCUT2D eigenvalue weighted by molar-refractivity contribution is -0.116. The van der Waals surface area contributed by atoms with Gasteiger partial charge in [0.25, 0.3) is 0 Å². The van der Waals surface area contributed by atoms with E-state index in [1.807, 2.05) is 13.1 Å². The fraction of sp³-hybridized carbons (Fsp3) is 0.562. The highest BCUT2D eigenvalue weighted by Crippen LogP contribution is 2.32. The summed E-state index contributed by atoms with van der Waals surface area (Å²) in [5.41, 5.74) is 3.44. The number of aryl methyl sites for hydroxylation is 1. The van der Waals surface area contributed by atoms with E-state index in [2.05, 4.69) is 29.7 Å². The topological polar surface area (TPSA) is 50.4 Å². The Hall–Kier alpha value is -1.39. The molecule has 3 atom stereocenters. The number of nitrogens with one attached hydrogen (secondary N) is 2. The second kappa shape index (κ2) is 5.54. The van der Waals surface area contributed by atoms with Crippen molar-refractivity contribution >= 4 is 11.6 Å². The van der Waals surface area contributed by atoms with E-state index in [-0.39, 0.29) is 18.1 Å². The van der Waals surface area contributed by atoms with E-state index in [1.54, 1.807) is 0 Å². The maximum atomic E-state index is 11.4. The highest BCUT2D eigenvalue weighted by molar-refractivity contribution is 5.93. The minimum atomic E-state index is 0.114. The van der Waals surface area contributed by atoms with Crippen molar-refractivity contribution in [1.82, 2.24) is 5.32 Å². The molecule has 20 heavy (non-hydrogen) atoms. The first kappa shape index (κ1) is 13.6. The third kappa shape index (κ3) is 2.58. The maximum Gasteiger partial charge on any atom is 0.224 e. The number of carbonyl (C=O) groups is 1. The summed E-state index contributed by atoms with van der Waals surface area (Å²) in [5, 5.41) is 6.31. The number of fused-ring (bicyclic) bond motifs is 1. The molecule has 3 unspecified atom stereocenters. The van der Waals surface area contributed by atoms with Crippen molar-refractivity contribution in [3.8, 4) is 0 Å². The van der Waals surface area contributed by atoms with Crippen LogP contribution in [0.4, 0.5) is 5.69 Å². The van der Waals surface area contributed by atoms with E-state index in [4.69, 9.17) is 4.74 Å². The number of anilines is 1. The predicted molar refractivity (Wildman–Crippen MR) is 78.8 cm³/mol. The van der Waals surface area contributed by atoms with Crippen molar-refractivity contribution in [3.63, 3.8) is 0 Å². The van der Waals surface area contributed by atoms with Gasteiger partial charge in [0, 0.05) is 12.1 Å². The van der Waals surface area contributed by atoms with Crippen LogP contribution in [0.3, 0.4) is 0 Å². The van der Waals surface area contributed by atoms with Gasteiger partial charge in [-0.15, -0.1) is 0 Å². The lowest BCUT2D eigenvalue weighted by Gasteiger charge is -2.25. The van der Waals surface area contributed by atoms with Crippen molar-refractivity contribution in [2.45, 2.75) is 50.9 Å². The molecule has 3 rings (SSSR count). The van der Waals surface area contributed by atoms with Gasteiger partial charge in [0.1, 0.15) is 0 Å². The van der Waals surface area contributed by atoms with Crippen molar-refractivity contribution in [1.29, 1.82) is 0 Å². The minimum absolute atomic E-state index is 0.114. The molecule has 1 aromatic carbocycles. The molecular weight excluding hydrogens is 252 g/mol. The van der Waals surface area contributed by atoms with E-state index in [9.17, 15) is 4.79 Å². The van der Waals surface area contributed by atoms with Gasteiger partial charge in [0.15, 0.2) is 0 Å². The predicted octanol–water partition coefficient (Wildman–Crippen LogP) is 2.40. The number of hydrogen-bond donors (Lipinski definition) is 2. The summed E-state index contributed by atoms with van der Waals surface area (Å²) in [5.74, 6) is 0.114. The molecule has 2 aliphatic heterocycles. The zero-order valence-corrected chi connectivity index (χ0v) is 12.1. The Bertz CT molecular complexity index is 515. The van der Waals surface area contributed by atoms with Gasteiger partial charge in [-0.3, -0.25) is 4.79 Å². The Morgan fingerprint density at radius 1 is 1.35 bits per heavy atom. The number of likely N-dealkylation sites (N-methyl/N-ethyl adjacent to an activating group) is 1. The average molecular weight is 274 g/mol. The Morgan fingerprint density at radius 3 is 2.90 bits per heavy atom. The van der Waals surface area contributed by atoms with Gasteiger partial charge in [0.2, 0.25) is 5.91 Å². The molecule has 0 saturated carbocycles. The molecule has 108 valence electrons. The van der Waals surface area contributed by atoms with Crippen LogP contribution in [0.25, 0.3) is 0 Å². The van der Waals surface area contributed by atoms with Gasteiger partial charge < -0.3 is 15.4 Å². The summed E-state index contributed by atoms with van der Waals surface area (Å²) >= 11 is 0. The summed E-state index contributed by atoms with van der Waals surface area (Å²) in [6.07, 6.45) is 4.23. The van der Waals surface area contributed by atoms with Crippen LogP contribution in [0.15, 0.2) is 18.2 Å². The summed E-state index contributed by atoms with van der Waals surface area (Å²) in [7, 11) is 1.98. The van der Waals surface area contributed by atoms with Crippen LogP contribution >= 0.6 is 0 Å². The zero-order valence-electron chi connectivity index (χ0n) is 12.1. The number of amides is 1. The van der Waals surface area contributed by atoms with Crippen molar-refractivity contribution in [2.24, 2.45) is 0 Å². The van der Waals surface area contributed by atoms with Crippen LogP contribution in [0.2, 0.25) is 0 Å². The fourth-order valence-electron chi connectivity index (χ4n) is 3.24. The first-order valence-corrected chi connectivity index (χ1v) is 7.43. The maximum absolute atomic E-state index is 11.4. The third-order valence-electron chi connectivity index (χ3n) is 4.33. The fourth-order valence-corrected chi connectivity index (χ4v) is 3.24. The zero-order chi connectivity index (χ0) is 14.1.